The van der Waals surface area contributed by atoms with Gasteiger partial charge < -0.3 is 14.8 Å². The van der Waals surface area contributed by atoms with Crippen molar-refractivity contribution in [3.63, 3.8) is 0 Å². The molecule has 2 amide bonds. The number of aromatic nitrogens is 2. The molecule has 1 saturated heterocycles. The molecule has 1 fully saturated rings. The summed E-state index contributed by atoms with van der Waals surface area (Å²) >= 11 is 1.44. The quantitative estimate of drug-likeness (QED) is 0.698. The Labute approximate surface area is 179 Å². The summed E-state index contributed by atoms with van der Waals surface area (Å²) in [5, 5.41) is 3.02. The van der Waals surface area contributed by atoms with E-state index in [1.807, 2.05) is 34.7 Å². The number of H-pyrrole nitrogens is 1. The number of fused-ring (bicyclic) bond motifs is 1. The van der Waals surface area contributed by atoms with E-state index in [9.17, 15) is 9.59 Å². The van der Waals surface area contributed by atoms with Gasteiger partial charge in [0.25, 0.3) is 5.91 Å². The van der Waals surface area contributed by atoms with Gasteiger partial charge in [0.1, 0.15) is 11.7 Å². The van der Waals surface area contributed by atoms with E-state index in [0.29, 0.717) is 24.5 Å². The summed E-state index contributed by atoms with van der Waals surface area (Å²) in [7, 11) is 0. The molecule has 0 spiro atoms. The van der Waals surface area contributed by atoms with Crippen LogP contribution in [0.2, 0.25) is 0 Å². The number of nitrogens with one attached hydrogen (secondary N) is 1. The highest BCUT2D eigenvalue weighted by Crippen LogP contribution is 2.30. The van der Waals surface area contributed by atoms with E-state index in [1.54, 1.807) is 11.1 Å². The molecule has 2 aliphatic heterocycles. The van der Waals surface area contributed by atoms with Crippen molar-refractivity contribution in [3.05, 3.63) is 58.6 Å². The minimum absolute atomic E-state index is 0.0115. The Morgan fingerprint density at radius 1 is 1.17 bits per heavy atom. The highest BCUT2D eigenvalue weighted by atomic mass is 32.1. The van der Waals surface area contributed by atoms with Gasteiger partial charge in [-0.2, -0.15) is 0 Å². The zero-order chi connectivity index (χ0) is 20.5. The lowest BCUT2D eigenvalue weighted by Gasteiger charge is -2.38. The largest absolute Gasteiger partial charge is 0.346 e. The van der Waals surface area contributed by atoms with Crippen molar-refractivity contribution in [1.29, 1.82) is 0 Å². The van der Waals surface area contributed by atoms with Crippen molar-refractivity contribution in [3.8, 4) is 0 Å². The molecule has 30 heavy (non-hydrogen) atoms. The van der Waals surface area contributed by atoms with Crippen LogP contribution in [0.3, 0.4) is 0 Å². The number of piperidine rings is 1. The van der Waals surface area contributed by atoms with E-state index < -0.39 is 0 Å². The number of carbonyl (C=O) groups excluding carboxylic acids is 2. The maximum absolute atomic E-state index is 13.3. The van der Waals surface area contributed by atoms with Gasteiger partial charge in [-0.3, -0.25) is 9.59 Å². The Bertz CT molecular complexity index is 1100. The molecule has 7 heteroatoms. The Hall–Kier alpha value is -2.93. The van der Waals surface area contributed by atoms with Crippen LogP contribution >= 0.6 is 11.3 Å². The minimum atomic E-state index is -0.347. The molecule has 0 aliphatic carbocycles. The van der Waals surface area contributed by atoms with Gasteiger partial charge in [0.15, 0.2) is 0 Å². The van der Waals surface area contributed by atoms with Gasteiger partial charge in [0.05, 0.1) is 4.88 Å². The van der Waals surface area contributed by atoms with Crippen molar-refractivity contribution in [2.75, 3.05) is 19.6 Å². The average molecular weight is 421 g/mol. The Balaban J connectivity index is 1.32. The number of hydrogen-bond acceptors (Lipinski definition) is 4. The molecule has 3 aromatic heterocycles. The van der Waals surface area contributed by atoms with Gasteiger partial charge in [-0.15, -0.1) is 11.3 Å². The van der Waals surface area contributed by atoms with E-state index in [4.69, 9.17) is 0 Å². The predicted molar refractivity (Wildman–Crippen MR) is 118 cm³/mol. The average Bonchev–Trinajstić information content (AvgIpc) is 3.49. The highest BCUT2D eigenvalue weighted by Gasteiger charge is 2.35. The number of aromatic amines is 1. The normalized spacial score (nSPS) is 19.7. The van der Waals surface area contributed by atoms with E-state index in [-0.39, 0.29) is 17.9 Å². The molecular formula is C23H24N4O2S. The number of carbonyl (C=O) groups is 2. The van der Waals surface area contributed by atoms with Crippen molar-refractivity contribution in [2.24, 2.45) is 0 Å². The fraction of sp³-hybridized carbons (Fsp3) is 0.348. The third kappa shape index (κ3) is 3.43. The van der Waals surface area contributed by atoms with E-state index in [2.05, 4.69) is 22.1 Å². The van der Waals surface area contributed by atoms with Crippen LogP contribution < -0.4 is 0 Å². The van der Waals surface area contributed by atoms with Crippen molar-refractivity contribution in [2.45, 2.75) is 31.7 Å². The number of likely N-dealkylation sites (tertiary alicyclic amines) is 1. The van der Waals surface area contributed by atoms with Crippen molar-refractivity contribution in [1.82, 2.24) is 19.8 Å². The molecule has 0 radical (unpaired) electrons. The lowest BCUT2D eigenvalue weighted by Crippen LogP contribution is -2.53. The summed E-state index contributed by atoms with van der Waals surface area (Å²) in [5.74, 6) is 0.0677. The Morgan fingerprint density at radius 3 is 2.90 bits per heavy atom. The first-order valence-corrected chi connectivity index (χ1v) is 11.3. The van der Waals surface area contributed by atoms with Gasteiger partial charge in [-0.05, 0) is 54.8 Å². The fourth-order valence-corrected chi connectivity index (χ4v) is 5.20. The van der Waals surface area contributed by atoms with Crippen LogP contribution in [0.4, 0.5) is 0 Å². The summed E-state index contributed by atoms with van der Waals surface area (Å²) in [4.78, 5) is 38.3. The zero-order valence-electron chi connectivity index (χ0n) is 16.7. The molecule has 6 nitrogen and oxygen atoms in total. The molecule has 0 aromatic carbocycles. The van der Waals surface area contributed by atoms with Crippen LogP contribution in [0.5, 0.6) is 0 Å². The van der Waals surface area contributed by atoms with Crippen molar-refractivity contribution < 1.29 is 9.59 Å². The fourth-order valence-electron chi connectivity index (χ4n) is 4.52. The molecule has 1 atom stereocenters. The summed E-state index contributed by atoms with van der Waals surface area (Å²) < 4.78 is 0. The second-order valence-electron chi connectivity index (χ2n) is 7.85. The lowest BCUT2D eigenvalue weighted by atomic mass is 9.97. The van der Waals surface area contributed by atoms with E-state index in [0.717, 1.165) is 42.3 Å². The monoisotopic (exact) mass is 420 g/mol. The van der Waals surface area contributed by atoms with Crippen LogP contribution in [-0.2, 0) is 4.79 Å². The minimum Gasteiger partial charge on any atom is -0.346 e. The molecule has 5 rings (SSSR count). The number of nitrogens with zero attached hydrogens (tertiary/aromatic N) is 3. The Morgan fingerprint density at radius 2 is 2.10 bits per heavy atom. The molecule has 0 saturated carbocycles. The number of rotatable bonds is 3. The summed E-state index contributed by atoms with van der Waals surface area (Å²) in [6, 6.07) is 7.40. The molecule has 0 bridgehead atoms. The number of hydrogen-bond donors (Lipinski definition) is 1. The summed E-state index contributed by atoms with van der Waals surface area (Å²) in [6.07, 6.45) is 9.43. The highest BCUT2D eigenvalue weighted by molar-refractivity contribution is 7.12. The third-order valence-electron chi connectivity index (χ3n) is 6.10. The number of amides is 2. The first-order valence-electron chi connectivity index (χ1n) is 10.5. The van der Waals surface area contributed by atoms with Crippen LogP contribution in [0, 0.1) is 0 Å². The van der Waals surface area contributed by atoms with Crippen LogP contribution in [-0.4, -0.2) is 57.3 Å². The third-order valence-corrected chi connectivity index (χ3v) is 6.96. The first-order chi connectivity index (χ1) is 14.7. The van der Waals surface area contributed by atoms with E-state index in [1.165, 1.54) is 16.9 Å². The standard InChI is InChI=1S/C23H24N4O2S/c28-22(19-6-1-2-11-27(19)23(29)20-7-4-14-30-20)26-12-8-16(9-13-26)18-15-25-21-17(18)5-3-10-24-21/h3-5,7-8,10,14-15,19H,1-2,6,9,11-13H2,(H,24,25). The van der Waals surface area contributed by atoms with Gasteiger partial charge in [-0.25, -0.2) is 4.98 Å². The molecule has 5 heterocycles. The number of pyridine rings is 1. The molecule has 154 valence electrons. The van der Waals surface area contributed by atoms with Gasteiger partial charge >= 0.3 is 0 Å². The molecule has 2 aliphatic rings. The van der Waals surface area contributed by atoms with Gasteiger partial charge in [-0.1, -0.05) is 12.1 Å². The zero-order valence-corrected chi connectivity index (χ0v) is 17.5. The Kier molecular flexibility index (Phi) is 5.12. The second kappa shape index (κ2) is 8.07. The van der Waals surface area contributed by atoms with Gasteiger partial charge in [0, 0.05) is 43.0 Å². The SMILES string of the molecule is O=C(C1CCCCN1C(=O)c1cccs1)N1CC=C(c2c[nH]c3ncccc23)CC1. The summed E-state index contributed by atoms with van der Waals surface area (Å²) in [5.41, 5.74) is 3.29. The van der Waals surface area contributed by atoms with Gasteiger partial charge in [0.2, 0.25) is 5.91 Å². The van der Waals surface area contributed by atoms with Crippen LogP contribution in [0.15, 0.2) is 48.1 Å². The number of thiophene rings is 1. The topological polar surface area (TPSA) is 69.3 Å². The van der Waals surface area contributed by atoms with Crippen LogP contribution in [0.25, 0.3) is 16.6 Å². The molecule has 3 aromatic rings. The smallest absolute Gasteiger partial charge is 0.264 e. The molecule has 1 unspecified atom stereocenters. The molecular weight excluding hydrogens is 396 g/mol. The second-order valence-corrected chi connectivity index (χ2v) is 8.80. The molecule has 1 N–H and O–H groups in total. The van der Waals surface area contributed by atoms with Crippen LogP contribution in [0.1, 0.15) is 40.9 Å². The maximum atomic E-state index is 13.3. The van der Waals surface area contributed by atoms with E-state index >= 15 is 0 Å². The summed E-state index contributed by atoms with van der Waals surface area (Å²) in [6.45, 7) is 1.91. The van der Waals surface area contributed by atoms with Crippen molar-refractivity contribution >= 4 is 39.8 Å². The maximum Gasteiger partial charge on any atom is 0.264 e. The lowest BCUT2D eigenvalue weighted by molar-refractivity contribution is -0.136. The predicted octanol–water partition coefficient (Wildman–Crippen LogP) is 3.94. The first kappa shape index (κ1) is 19.1.